The highest BCUT2D eigenvalue weighted by Crippen LogP contribution is 2.33. The first kappa shape index (κ1) is 15.6. The van der Waals surface area contributed by atoms with Crippen LogP contribution in [-0.4, -0.2) is 49.3 Å². The molecule has 0 bridgehead atoms. The van der Waals surface area contributed by atoms with E-state index in [1.165, 1.54) is 0 Å². The summed E-state index contributed by atoms with van der Waals surface area (Å²) in [5, 5.41) is 9.05. The Bertz CT molecular complexity index is 463. The minimum Gasteiger partial charge on any atom is -0.496 e. The van der Waals surface area contributed by atoms with Crippen LogP contribution in [-0.2, 0) is 0 Å². The van der Waals surface area contributed by atoms with Crippen molar-refractivity contribution in [1.29, 1.82) is 0 Å². The zero-order chi connectivity index (χ0) is 15.2. The van der Waals surface area contributed by atoms with Gasteiger partial charge < -0.3 is 19.5 Å². The molecule has 1 amide bonds. The van der Waals surface area contributed by atoms with E-state index in [-0.39, 0.29) is 18.6 Å². The summed E-state index contributed by atoms with van der Waals surface area (Å²) in [5.74, 6) is 0.961. The smallest absolute Gasteiger partial charge is 0.261 e. The van der Waals surface area contributed by atoms with E-state index in [1.54, 1.807) is 32.4 Å². The molecule has 1 aromatic rings. The van der Waals surface area contributed by atoms with Crippen molar-refractivity contribution >= 4 is 5.91 Å². The summed E-state index contributed by atoms with van der Waals surface area (Å²) >= 11 is 0. The van der Waals surface area contributed by atoms with Crippen LogP contribution in [0.1, 0.15) is 36.0 Å². The van der Waals surface area contributed by atoms with Gasteiger partial charge in [0.05, 0.1) is 14.2 Å². The number of benzene rings is 1. The molecule has 1 aliphatic carbocycles. The highest BCUT2D eigenvalue weighted by molar-refractivity contribution is 6.00. The van der Waals surface area contributed by atoms with E-state index >= 15 is 0 Å². The van der Waals surface area contributed by atoms with E-state index in [1.807, 2.05) is 4.90 Å². The number of ether oxygens (including phenoxy) is 2. The number of carbonyl (C=O) groups excluding carboxylic acids is 1. The lowest BCUT2D eigenvalue weighted by Crippen LogP contribution is -2.45. The van der Waals surface area contributed by atoms with Gasteiger partial charge in [-0.25, -0.2) is 0 Å². The minimum atomic E-state index is -0.0811. The van der Waals surface area contributed by atoms with Crippen molar-refractivity contribution in [2.45, 2.75) is 31.7 Å². The fraction of sp³-hybridized carbons (Fsp3) is 0.562. The number of hydrogen-bond acceptors (Lipinski definition) is 4. The van der Waals surface area contributed by atoms with Gasteiger partial charge in [0.25, 0.3) is 5.91 Å². The van der Waals surface area contributed by atoms with Gasteiger partial charge in [-0.2, -0.15) is 0 Å². The predicted octanol–water partition coefficient (Wildman–Crippen LogP) is 2.08. The Morgan fingerprint density at radius 2 is 1.90 bits per heavy atom. The van der Waals surface area contributed by atoms with Crippen LogP contribution in [0.3, 0.4) is 0 Å². The van der Waals surface area contributed by atoms with Crippen LogP contribution in [0.15, 0.2) is 18.2 Å². The molecule has 0 radical (unpaired) electrons. The molecule has 0 unspecified atom stereocenters. The maximum absolute atomic E-state index is 12.9. The second-order valence-corrected chi connectivity index (χ2v) is 5.20. The lowest BCUT2D eigenvalue weighted by Gasteiger charge is -2.38. The number of carbonyl (C=O) groups is 1. The highest BCUT2D eigenvalue weighted by Gasteiger charge is 2.32. The first-order valence-corrected chi connectivity index (χ1v) is 7.35. The Hall–Kier alpha value is -1.75. The maximum Gasteiger partial charge on any atom is 0.261 e. The summed E-state index contributed by atoms with van der Waals surface area (Å²) in [6, 6.07) is 5.59. The van der Waals surface area contributed by atoms with Crippen molar-refractivity contribution in [3.8, 4) is 11.5 Å². The first-order chi connectivity index (χ1) is 10.2. The zero-order valence-electron chi connectivity index (χ0n) is 12.7. The van der Waals surface area contributed by atoms with Crippen molar-refractivity contribution in [2.24, 2.45) is 0 Å². The average molecular weight is 293 g/mol. The van der Waals surface area contributed by atoms with Gasteiger partial charge in [-0.3, -0.25) is 4.79 Å². The number of methoxy groups -OCH3 is 2. The monoisotopic (exact) mass is 293 g/mol. The van der Waals surface area contributed by atoms with Gasteiger partial charge in [0.1, 0.15) is 17.1 Å². The molecule has 1 N–H and O–H groups in total. The zero-order valence-corrected chi connectivity index (χ0v) is 12.7. The van der Waals surface area contributed by atoms with Crippen LogP contribution in [0.5, 0.6) is 11.5 Å². The molecule has 2 rings (SSSR count). The standard InChI is InChI=1S/C16H23NO4/c1-20-13-8-4-9-14(21-2)15(13)16(19)17(10-5-11-18)12-6-3-7-12/h4,8-9,12,18H,3,5-7,10-11H2,1-2H3. The van der Waals surface area contributed by atoms with Crippen molar-refractivity contribution in [1.82, 2.24) is 4.90 Å². The Kier molecular flexibility index (Phi) is 5.44. The van der Waals surface area contributed by atoms with Gasteiger partial charge in [0.15, 0.2) is 0 Å². The van der Waals surface area contributed by atoms with Gasteiger partial charge in [0.2, 0.25) is 0 Å². The van der Waals surface area contributed by atoms with Gasteiger partial charge in [-0.1, -0.05) is 6.07 Å². The molecule has 1 aliphatic rings. The maximum atomic E-state index is 12.9. The van der Waals surface area contributed by atoms with Crippen molar-refractivity contribution in [2.75, 3.05) is 27.4 Å². The Morgan fingerprint density at radius 3 is 2.33 bits per heavy atom. The summed E-state index contributed by atoms with van der Waals surface area (Å²) < 4.78 is 10.6. The lowest BCUT2D eigenvalue weighted by atomic mass is 9.90. The second-order valence-electron chi connectivity index (χ2n) is 5.20. The van der Waals surface area contributed by atoms with Crippen molar-refractivity contribution < 1.29 is 19.4 Å². The Morgan fingerprint density at radius 1 is 1.29 bits per heavy atom. The summed E-state index contributed by atoms with van der Waals surface area (Å²) in [5.41, 5.74) is 0.465. The largest absolute Gasteiger partial charge is 0.496 e. The number of nitrogens with zero attached hydrogens (tertiary/aromatic N) is 1. The Balaban J connectivity index is 2.30. The topological polar surface area (TPSA) is 59.0 Å². The van der Waals surface area contributed by atoms with Crippen LogP contribution in [0.4, 0.5) is 0 Å². The SMILES string of the molecule is COc1cccc(OC)c1C(=O)N(CCCO)C1CCC1. The molecular weight excluding hydrogens is 270 g/mol. The van der Waals surface area contributed by atoms with E-state index < -0.39 is 0 Å². The molecule has 5 nitrogen and oxygen atoms in total. The third kappa shape index (κ3) is 3.29. The van der Waals surface area contributed by atoms with Gasteiger partial charge >= 0.3 is 0 Å². The molecule has 1 aromatic carbocycles. The molecule has 21 heavy (non-hydrogen) atoms. The molecule has 1 saturated carbocycles. The molecule has 5 heteroatoms. The first-order valence-electron chi connectivity index (χ1n) is 7.35. The minimum absolute atomic E-state index is 0.0811. The summed E-state index contributed by atoms with van der Waals surface area (Å²) in [6.07, 6.45) is 3.78. The third-order valence-electron chi connectivity index (χ3n) is 3.98. The molecule has 0 aromatic heterocycles. The quantitative estimate of drug-likeness (QED) is 0.836. The molecule has 0 spiro atoms. The van der Waals surface area contributed by atoms with Crippen LogP contribution in [0.25, 0.3) is 0 Å². The van der Waals surface area contributed by atoms with Crippen molar-refractivity contribution in [3.63, 3.8) is 0 Å². The van der Waals surface area contributed by atoms with E-state index in [0.717, 1.165) is 19.3 Å². The number of hydrogen-bond donors (Lipinski definition) is 1. The van der Waals surface area contributed by atoms with Crippen LogP contribution in [0.2, 0.25) is 0 Å². The number of rotatable bonds is 7. The van der Waals surface area contributed by atoms with E-state index in [2.05, 4.69) is 0 Å². The molecule has 0 heterocycles. The molecule has 0 atom stereocenters. The van der Waals surface area contributed by atoms with Crippen molar-refractivity contribution in [3.05, 3.63) is 23.8 Å². The van der Waals surface area contributed by atoms with Gasteiger partial charge in [0, 0.05) is 19.2 Å². The summed E-state index contributed by atoms with van der Waals surface area (Å²) in [7, 11) is 3.10. The van der Waals surface area contributed by atoms with E-state index in [0.29, 0.717) is 30.0 Å². The number of aliphatic hydroxyl groups excluding tert-OH is 1. The van der Waals surface area contributed by atoms with Crippen LogP contribution < -0.4 is 9.47 Å². The van der Waals surface area contributed by atoms with E-state index in [4.69, 9.17) is 14.6 Å². The average Bonchev–Trinajstić information content (AvgIpc) is 2.47. The summed E-state index contributed by atoms with van der Waals surface area (Å²) in [6.45, 7) is 0.640. The summed E-state index contributed by atoms with van der Waals surface area (Å²) in [4.78, 5) is 14.8. The fourth-order valence-corrected chi connectivity index (χ4v) is 2.59. The predicted molar refractivity (Wildman–Crippen MR) is 79.9 cm³/mol. The molecular formula is C16H23NO4. The molecule has 1 fully saturated rings. The van der Waals surface area contributed by atoms with Gasteiger partial charge in [-0.05, 0) is 37.8 Å². The number of amides is 1. The fourth-order valence-electron chi connectivity index (χ4n) is 2.59. The van der Waals surface area contributed by atoms with E-state index in [9.17, 15) is 4.79 Å². The van der Waals surface area contributed by atoms with Gasteiger partial charge in [-0.15, -0.1) is 0 Å². The number of aliphatic hydroxyl groups is 1. The highest BCUT2D eigenvalue weighted by atomic mass is 16.5. The lowest BCUT2D eigenvalue weighted by molar-refractivity contribution is 0.0556. The molecule has 0 saturated heterocycles. The third-order valence-corrected chi connectivity index (χ3v) is 3.98. The normalized spacial score (nSPS) is 14.4. The van der Waals surface area contributed by atoms with Crippen LogP contribution >= 0.6 is 0 Å². The van der Waals surface area contributed by atoms with Crippen LogP contribution in [0, 0.1) is 0 Å². The molecule has 116 valence electrons. The molecule has 0 aliphatic heterocycles. The Labute approximate surface area is 125 Å². The second kappa shape index (κ2) is 7.31.